The van der Waals surface area contributed by atoms with Gasteiger partial charge in [-0.3, -0.25) is 0 Å². The van der Waals surface area contributed by atoms with Crippen LogP contribution in [-0.4, -0.2) is 11.5 Å². The van der Waals surface area contributed by atoms with Crippen molar-refractivity contribution in [1.82, 2.24) is 4.98 Å². The third-order valence-electron chi connectivity index (χ3n) is 4.10. The van der Waals surface area contributed by atoms with Gasteiger partial charge in [0.15, 0.2) is 0 Å². The summed E-state index contributed by atoms with van der Waals surface area (Å²) in [5.74, 6) is 6.59. The van der Waals surface area contributed by atoms with Crippen LogP contribution in [0.25, 0.3) is 10.2 Å². The second-order valence-electron chi connectivity index (χ2n) is 5.57. The van der Waals surface area contributed by atoms with Crippen molar-refractivity contribution < 1.29 is 0 Å². The molecular formula is C17H18BrClN2S. The molecule has 0 amide bonds. The number of nitrogens with one attached hydrogen (secondary N) is 1. The van der Waals surface area contributed by atoms with Crippen molar-refractivity contribution in [2.24, 2.45) is 0 Å². The topological polar surface area (TPSA) is 24.9 Å². The number of hydrogen-bond donors (Lipinski definition) is 1. The lowest BCUT2D eigenvalue weighted by Gasteiger charge is -2.20. The van der Waals surface area contributed by atoms with Gasteiger partial charge in [0.2, 0.25) is 0 Å². The molecule has 22 heavy (non-hydrogen) atoms. The van der Waals surface area contributed by atoms with Crippen LogP contribution in [0, 0.1) is 11.8 Å². The van der Waals surface area contributed by atoms with E-state index in [2.05, 4.69) is 38.1 Å². The van der Waals surface area contributed by atoms with E-state index in [1.54, 1.807) is 0 Å². The van der Waals surface area contributed by atoms with Crippen LogP contribution >= 0.6 is 38.9 Å². The zero-order valence-corrected chi connectivity index (χ0v) is 15.7. The third-order valence-corrected chi connectivity index (χ3v) is 6.73. The van der Waals surface area contributed by atoms with E-state index < -0.39 is 0 Å². The second kappa shape index (κ2) is 7.21. The Bertz CT molecular complexity index is 738. The van der Waals surface area contributed by atoms with Gasteiger partial charge in [-0.2, -0.15) is 0 Å². The molecule has 1 aliphatic carbocycles. The Morgan fingerprint density at radius 1 is 1.41 bits per heavy atom. The summed E-state index contributed by atoms with van der Waals surface area (Å²) in [4.78, 5) is 5.96. The lowest BCUT2D eigenvalue weighted by molar-refractivity contribution is 0.447. The molecule has 3 rings (SSSR count). The molecule has 0 aliphatic heterocycles. The molecule has 0 aromatic carbocycles. The Morgan fingerprint density at radius 2 is 2.18 bits per heavy atom. The van der Waals surface area contributed by atoms with E-state index in [1.807, 2.05) is 24.3 Å². The number of hydrogen-bond acceptors (Lipinski definition) is 3. The minimum Gasteiger partial charge on any atom is -0.373 e. The highest BCUT2D eigenvalue weighted by atomic mass is 79.9. The first-order chi connectivity index (χ1) is 10.7. The summed E-state index contributed by atoms with van der Waals surface area (Å²) in [6, 6.07) is 1.90. The fraction of sp³-hybridized carbons (Fsp3) is 0.471. The van der Waals surface area contributed by atoms with E-state index in [1.165, 1.54) is 41.7 Å². The number of halogens is 2. The van der Waals surface area contributed by atoms with E-state index in [4.69, 9.17) is 11.6 Å². The minimum absolute atomic E-state index is 0.521. The number of anilines is 1. The first-order valence-electron chi connectivity index (χ1n) is 7.62. The van der Waals surface area contributed by atoms with Crippen LogP contribution in [0.1, 0.15) is 49.8 Å². The van der Waals surface area contributed by atoms with Gasteiger partial charge in [-0.1, -0.05) is 36.8 Å². The second-order valence-corrected chi connectivity index (χ2v) is 7.80. The van der Waals surface area contributed by atoms with Crippen LogP contribution in [0.15, 0.2) is 10.5 Å². The predicted octanol–water partition coefficient (Wildman–Crippen LogP) is 6.20. The molecular weight excluding hydrogens is 380 g/mol. The maximum absolute atomic E-state index is 6.20. The molecule has 2 aromatic rings. The number of rotatable bonds is 3. The van der Waals surface area contributed by atoms with Gasteiger partial charge in [0.1, 0.15) is 5.15 Å². The third kappa shape index (κ3) is 3.27. The van der Waals surface area contributed by atoms with E-state index in [9.17, 15) is 0 Å². The van der Waals surface area contributed by atoms with E-state index in [0.717, 1.165) is 15.7 Å². The molecule has 1 aliphatic rings. The highest BCUT2D eigenvalue weighted by molar-refractivity contribution is 9.10. The fourth-order valence-electron chi connectivity index (χ4n) is 3.01. The van der Waals surface area contributed by atoms with Gasteiger partial charge in [0.25, 0.3) is 0 Å². The summed E-state index contributed by atoms with van der Waals surface area (Å²) >= 11 is 11.8. The van der Waals surface area contributed by atoms with E-state index >= 15 is 0 Å². The van der Waals surface area contributed by atoms with Crippen LogP contribution in [0.5, 0.6) is 0 Å². The minimum atomic E-state index is 0.521. The number of thiophene rings is 1. The van der Waals surface area contributed by atoms with Gasteiger partial charge < -0.3 is 5.32 Å². The molecule has 0 bridgehead atoms. The maximum atomic E-state index is 6.20. The van der Waals surface area contributed by atoms with Crippen molar-refractivity contribution in [3.63, 3.8) is 0 Å². The van der Waals surface area contributed by atoms with Crippen LogP contribution in [-0.2, 0) is 0 Å². The van der Waals surface area contributed by atoms with Crippen molar-refractivity contribution in [2.75, 3.05) is 11.9 Å². The molecule has 1 N–H and O–H groups in total. The van der Waals surface area contributed by atoms with Crippen LogP contribution in [0.4, 0.5) is 5.69 Å². The molecule has 2 aromatic heterocycles. The zero-order chi connectivity index (χ0) is 15.5. The molecule has 2 heterocycles. The van der Waals surface area contributed by atoms with Crippen molar-refractivity contribution in [2.45, 2.75) is 44.9 Å². The number of nitrogens with zero attached hydrogens (tertiary/aromatic N) is 1. The highest BCUT2D eigenvalue weighted by Crippen LogP contribution is 2.46. The molecule has 0 unspecified atom stereocenters. The van der Waals surface area contributed by atoms with Crippen molar-refractivity contribution in [3.05, 3.63) is 20.6 Å². The summed E-state index contributed by atoms with van der Waals surface area (Å²) in [5, 5.41) is 3.89. The molecule has 1 saturated carbocycles. The van der Waals surface area contributed by atoms with Gasteiger partial charge in [0.05, 0.1) is 26.9 Å². The Labute approximate surface area is 148 Å². The molecule has 2 nitrogen and oxygen atoms in total. The fourth-order valence-corrected chi connectivity index (χ4v) is 5.48. The molecule has 0 radical (unpaired) electrons. The smallest absolute Gasteiger partial charge is 0.131 e. The Kier molecular flexibility index (Phi) is 5.28. The molecule has 5 heteroatoms. The monoisotopic (exact) mass is 396 g/mol. The van der Waals surface area contributed by atoms with Crippen molar-refractivity contribution in [3.8, 4) is 11.8 Å². The summed E-state index contributed by atoms with van der Waals surface area (Å²) in [7, 11) is 0. The van der Waals surface area contributed by atoms with Crippen LogP contribution in [0.3, 0.4) is 0 Å². The van der Waals surface area contributed by atoms with Crippen molar-refractivity contribution in [1.29, 1.82) is 0 Å². The quantitative estimate of drug-likeness (QED) is 0.493. The first kappa shape index (κ1) is 16.1. The van der Waals surface area contributed by atoms with Crippen LogP contribution in [0.2, 0.25) is 5.15 Å². The van der Waals surface area contributed by atoms with E-state index in [-0.39, 0.29) is 0 Å². The average molecular weight is 398 g/mol. The molecule has 0 saturated heterocycles. The molecule has 1 fully saturated rings. The standard InChI is InChI=1S/C17H18BrClN2S/c1-2-3-9-20-12-10-13(19)21-15-14(18)16(22-17(12)15)11-7-5-4-6-8-11/h10-11H,4-9H2,1H3,(H,20,21). The van der Waals surface area contributed by atoms with Gasteiger partial charge in [-0.25, -0.2) is 4.98 Å². The summed E-state index contributed by atoms with van der Waals surface area (Å²) in [5.41, 5.74) is 2.01. The number of aromatic nitrogens is 1. The number of fused-ring (bicyclic) bond motifs is 1. The molecule has 0 atom stereocenters. The van der Waals surface area contributed by atoms with Gasteiger partial charge in [-0.15, -0.1) is 17.3 Å². The predicted molar refractivity (Wildman–Crippen MR) is 100 cm³/mol. The molecule has 116 valence electrons. The average Bonchev–Trinajstić information content (AvgIpc) is 2.86. The summed E-state index contributed by atoms with van der Waals surface area (Å²) in [6.45, 7) is 2.47. The van der Waals surface area contributed by atoms with Gasteiger partial charge in [0, 0.05) is 10.9 Å². The van der Waals surface area contributed by atoms with Gasteiger partial charge in [-0.05, 0) is 41.6 Å². The van der Waals surface area contributed by atoms with Crippen LogP contribution < -0.4 is 5.32 Å². The Morgan fingerprint density at radius 3 is 2.91 bits per heavy atom. The lowest BCUT2D eigenvalue weighted by Crippen LogP contribution is -2.02. The Hall–Kier alpha value is -0.760. The van der Waals surface area contributed by atoms with Crippen molar-refractivity contribution >= 4 is 54.8 Å². The summed E-state index contributed by atoms with van der Waals surface area (Å²) < 4.78 is 2.31. The Balaban J connectivity index is 2.02. The number of pyridine rings is 1. The van der Waals surface area contributed by atoms with E-state index in [0.29, 0.717) is 17.6 Å². The SMILES string of the molecule is CC#CCNc1cc(Cl)nc2c(Br)c(C3CCCCC3)sc12. The largest absolute Gasteiger partial charge is 0.373 e. The summed E-state index contributed by atoms with van der Waals surface area (Å²) in [6.07, 6.45) is 6.59. The lowest BCUT2D eigenvalue weighted by atomic mass is 9.88. The maximum Gasteiger partial charge on any atom is 0.131 e. The molecule has 0 spiro atoms. The van der Waals surface area contributed by atoms with Gasteiger partial charge >= 0.3 is 0 Å². The normalized spacial score (nSPS) is 15.6. The zero-order valence-electron chi connectivity index (χ0n) is 12.5. The highest BCUT2D eigenvalue weighted by Gasteiger charge is 2.23. The first-order valence-corrected chi connectivity index (χ1v) is 9.61.